The van der Waals surface area contributed by atoms with Crippen molar-refractivity contribution in [3.8, 4) is 0 Å². The number of hydrogen-bond donors (Lipinski definition) is 1. The lowest BCUT2D eigenvalue weighted by molar-refractivity contribution is 0.374. The Morgan fingerprint density at radius 3 is 2.75 bits per heavy atom. The third kappa shape index (κ3) is 1.90. The van der Waals surface area contributed by atoms with Crippen molar-refractivity contribution in [1.29, 1.82) is 0 Å². The summed E-state index contributed by atoms with van der Waals surface area (Å²) in [6.45, 7) is 4.25. The van der Waals surface area contributed by atoms with Crippen LogP contribution in [0.1, 0.15) is 32.1 Å². The smallest absolute Gasteiger partial charge is 0.134 e. The Morgan fingerprint density at radius 2 is 2.33 bits per heavy atom. The molecule has 2 N–H and O–H groups in total. The van der Waals surface area contributed by atoms with Gasteiger partial charge in [0, 0.05) is 0 Å². The second kappa shape index (κ2) is 4.10. The van der Waals surface area contributed by atoms with Crippen LogP contribution in [-0.2, 0) is 0 Å². The van der Waals surface area contributed by atoms with Gasteiger partial charge in [-0.1, -0.05) is 20.3 Å². The molecular weight excluding hydrogens is 218 g/mol. The minimum atomic E-state index is -0.000579. The summed E-state index contributed by atoms with van der Waals surface area (Å²) >= 11 is 3.39. The molecule has 0 saturated carbocycles. The molecule has 2 nitrogen and oxygen atoms in total. The predicted molar refractivity (Wildman–Crippen MR) is 52.8 cm³/mol. The van der Waals surface area contributed by atoms with E-state index in [-0.39, 0.29) is 6.04 Å². The first-order valence-electron chi connectivity index (χ1n) is 4.15. The Bertz CT molecular complexity index is 246. The zero-order chi connectivity index (χ0) is 9.14. The maximum Gasteiger partial charge on any atom is 0.134 e. The Morgan fingerprint density at radius 1 is 1.67 bits per heavy atom. The highest BCUT2D eigenvalue weighted by molar-refractivity contribution is 9.10. The van der Waals surface area contributed by atoms with Gasteiger partial charge in [-0.3, -0.25) is 0 Å². The third-order valence-corrected chi connectivity index (χ3v) is 2.86. The van der Waals surface area contributed by atoms with Crippen LogP contribution in [0, 0.1) is 5.92 Å². The summed E-state index contributed by atoms with van der Waals surface area (Å²) in [5, 5.41) is 0. The molecule has 0 aliphatic heterocycles. The van der Waals surface area contributed by atoms with E-state index in [2.05, 4.69) is 29.8 Å². The van der Waals surface area contributed by atoms with Gasteiger partial charge in [-0.25, -0.2) is 0 Å². The van der Waals surface area contributed by atoms with E-state index < -0.39 is 0 Å². The van der Waals surface area contributed by atoms with Gasteiger partial charge < -0.3 is 10.2 Å². The van der Waals surface area contributed by atoms with E-state index in [1.165, 1.54) is 0 Å². The fourth-order valence-electron chi connectivity index (χ4n) is 1.06. The minimum absolute atomic E-state index is 0.000579. The molecule has 0 spiro atoms. The summed E-state index contributed by atoms with van der Waals surface area (Å²) in [6.07, 6.45) is 2.72. The fraction of sp³-hybridized carbons (Fsp3) is 0.556. The number of halogens is 1. The molecule has 1 heterocycles. The van der Waals surface area contributed by atoms with E-state index in [1.807, 2.05) is 6.07 Å². The Kier molecular flexibility index (Phi) is 3.35. The second-order valence-electron chi connectivity index (χ2n) is 3.04. The highest BCUT2D eigenvalue weighted by atomic mass is 79.9. The average molecular weight is 232 g/mol. The van der Waals surface area contributed by atoms with Crippen molar-refractivity contribution < 1.29 is 4.42 Å². The highest BCUT2D eigenvalue weighted by Crippen LogP contribution is 2.28. The van der Waals surface area contributed by atoms with Gasteiger partial charge in [0.1, 0.15) is 5.76 Å². The summed E-state index contributed by atoms with van der Waals surface area (Å²) in [5.41, 5.74) is 5.97. The lowest BCUT2D eigenvalue weighted by atomic mass is 9.98. The third-order valence-electron chi connectivity index (χ3n) is 2.20. The van der Waals surface area contributed by atoms with Crippen molar-refractivity contribution in [2.45, 2.75) is 26.3 Å². The van der Waals surface area contributed by atoms with E-state index >= 15 is 0 Å². The molecule has 0 amide bonds. The molecular formula is C9H14BrNO. The number of hydrogen-bond acceptors (Lipinski definition) is 2. The van der Waals surface area contributed by atoms with Crippen molar-refractivity contribution in [2.75, 3.05) is 0 Å². The number of furan rings is 1. The molecule has 0 saturated heterocycles. The summed E-state index contributed by atoms with van der Waals surface area (Å²) in [5.74, 6) is 1.30. The van der Waals surface area contributed by atoms with Crippen molar-refractivity contribution in [1.82, 2.24) is 0 Å². The summed E-state index contributed by atoms with van der Waals surface area (Å²) in [7, 11) is 0. The Balaban J connectivity index is 2.77. The first-order valence-corrected chi connectivity index (χ1v) is 4.94. The molecule has 68 valence electrons. The van der Waals surface area contributed by atoms with Crippen LogP contribution in [0.15, 0.2) is 21.2 Å². The van der Waals surface area contributed by atoms with Crippen LogP contribution in [-0.4, -0.2) is 0 Å². The minimum Gasteiger partial charge on any atom is -0.466 e. The van der Waals surface area contributed by atoms with Crippen molar-refractivity contribution in [2.24, 2.45) is 11.7 Å². The van der Waals surface area contributed by atoms with Crippen LogP contribution in [0.5, 0.6) is 0 Å². The molecule has 1 aromatic rings. The summed E-state index contributed by atoms with van der Waals surface area (Å²) in [6, 6.07) is 1.87. The zero-order valence-electron chi connectivity index (χ0n) is 7.38. The van der Waals surface area contributed by atoms with Crippen LogP contribution in [0.25, 0.3) is 0 Å². The van der Waals surface area contributed by atoms with Crippen LogP contribution < -0.4 is 5.73 Å². The van der Waals surface area contributed by atoms with E-state index in [0.717, 1.165) is 16.7 Å². The van der Waals surface area contributed by atoms with E-state index in [1.54, 1.807) is 6.26 Å². The molecule has 3 heteroatoms. The first-order chi connectivity index (χ1) is 5.66. The van der Waals surface area contributed by atoms with Gasteiger partial charge in [-0.05, 0) is 27.9 Å². The van der Waals surface area contributed by atoms with E-state index in [0.29, 0.717) is 5.92 Å². The van der Waals surface area contributed by atoms with E-state index in [4.69, 9.17) is 10.2 Å². The summed E-state index contributed by atoms with van der Waals surface area (Å²) < 4.78 is 6.25. The van der Waals surface area contributed by atoms with Crippen LogP contribution in [0.2, 0.25) is 0 Å². The molecule has 2 atom stereocenters. The van der Waals surface area contributed by atoms with Crippen molar-refractivity contribution >= 4 is 15.9 Å². The lowest BCUT2D eigenvalue weighted by Gasteiger charge is -2.15. The standard InChI is InChI=1S/C9H14BrNO/c1-3-6(2)8(11)9-7(10)4-5-12-9/h4-6,8H,3,11H2,1-2H3. The Hall–Kier alpha value is -0.280. The van der Waals surface area contributed by atoms with Crippen molar-refractivity contribution in [3.05, 3.63) is 22.6 Å². The normalized spacial score (nSPS) is 16.0. The largest absolute Gasteiger partial charge is 0.466 e. The molecule has 0 bridgehead atoms. The van der Waals surface area contributed by atoms with Gasteiger partial charge in [-0.15, -0.1) is 0 Å². The zero-order valence-corrected chi connectivity index (χ0v) is 8.97. The van der Waals surface area contributed by atoms with Crippen LogP contribution >= 0.6 is 15.9 Å². The van der Waals surface area contributed by atoms with Gasteiger partial charge in [0.2, 0.25) is 0 Å². The quantitative estimate of drug-likeness (QED) is 0.869. The molecule has 2 unspecified atom stereocenters. The molecule has 0 aromatic carbocycles. The van der Waals surface area contributed by atoms with Gasteiger partial charge in [0.15, 0.2) is 0 Å². The maximum absolute atomic E-state index is 5.97. The van der Waals surface area contributed by atoms with Gasteiger partial charge >= 0.3 is 0 Å². The summed E-state index contributed by atoms with van der Waals surface area (Å²) in [4.78, 5) is 0. The number of nitrogens with two attached hydrogens (primary N) is 1. The average Bonchev–Trinajstić information content (AvgIpc) is 2.48. The topological polar surface area (TPSA) is 39.2 Å². The molecule has 0 aliphatic rings. The van der Waals surface area contributed by atoms with Crippen LogP contribution in [0.3, 0.4) is 0 Å². The van der Waals surface area contributed by atoms with E-state index in [9.17, 15) is 0 Å². The molecule has 0 radical (unpaired) electrons. The fourth-order valence-corrected chi connectivity index (χ4v) is 1.52. The SMILES string of the molecule is CCC(C)C(N)c1occc1Br. The van der Waals surface area contributed by atoms with Crippen molar-refractivity contribution in [3.63, 3.8) is 0 Å². The predicted octanol–water partition coefficient (Wildman–Crippen LogP) is 3.09. The Labute approximate surface area is 81.3 Å². The van der Waals surface area contributed by atoms with Gasteiger partial charge in [-0.2, -0.15) is 0 Å². The first kappa shape index (κ1) is 9.81. The lowest BCUT2D eigenvalue weighted by Crippen LogP contribution is -2.18. The highest BCUT2D eigenvalue weighted by Gasteiger charge is 2.18. The maximum atomic E-state index is 5.97. The number of rotatable bonds is 3. The van der Waals surface area contributed by atoms with Gasteiger partial charge in [0.25, 0.3) is 0 Å². The van der Waals surface area contributed by atoms with Gasteiger partial charge in [0.05, 0.1) is 16.8 Å². The molecule has 1 rings (SSSR count). The molecule has 1 aromatic heterocycles. The molecule has 12 heavy (non-hydrogen) atoms. The molecule has 0 aliphatic carbocycles. The monoisotopic (exact) mass is 231 g/mol. The molecule has 0 fully saturated rings. The van der Waals surface area contributed by atoms with Crippen LogP contribution in [0.4, 0.5) is 0 Å². The second-order valence-corrected chi connectivity index (χ2v) is 3.90.